The molecule has 0 spiro atoms. The Labute approximate surface area is 84.6 Å². The SMILES string of the molecule is CCOC(=O)c1onc2cc(F)ccc12. The van der Waals surface area contributed by atoms with Crippen LogP contribution in [0.2, 0.25) is 0 Å². The van der Waals surface area contributed by atoms with Gasteiger partial charge in [0.05, 0.1) is 12.0 Å². The highest BCUT2D eigenvalue weighted by atomic mass is 19.1. The zero-order chi connectivity index (χ0) is 10.8. The molecule has 2 aromatic rings. The van der Waals surface area contributed by atoms with Crippen LogP contribution in [0.4, 0.5) is 4.39 Å². The maximum absolute atomic E-state index is 12.8. The number of ether oxygens (including phenoxy) is 1. The summed E-state index contributed by atoms with van der Waals surface area (Å²) in [4.78, 5) is 11.4. The molecular weight excluding hydrogens is 201 g/mol. The van der Waals surface area contributed by atoms with Crippen LogP contribution in [-0.4, -0.2) is 17.7 Å². The Morgan fingerprint density at radius 2 is 2.40 bits per heavy atom. The van der Waals surface area contributed by atoms with Gasteiger partial charge in [-0.1, -0.05) is 5.16 Å². The van der Waals surface area contributed by atoms with Gasteiger partial charge in [-0.3, -0.25) is 0 Å². The van der Waals surface area contributed by atoms with Crippen LogP contribution >= 0.6 is 0 Å². The molecule has 0 aliphatic heterocycles. The topological polar surface area (TPSA) is 52.3 Å². The summed E-state index contributed by atoms with van der Waals surface area (Å²) in [5.74, 6) is -1.01. The van der Waals surface area contributed by atoms with Crippen molar-refractivity contribution in [3.8, 4) is 0 Å². The average Bonchev–Trinajstić information content (AvgIpc) is 2.60. The first-order chi connectivity index (χ1) is 7.22. The highest BCUT2D eigenvalue weighted by Gasteiger charge is 2.17. The molecule has 5 heteroatoms. The first-order valence-electron chi connectivity index (χ1n) is 4.44. The van der Waals surface area contributed by atoms with Gasteiger partial charge in [-0.15, -0.1) is 0 Å². The van der Waals surface area contributed by atoms with E-state index in [1.165, 1.54) is 18.2 Å². The van der Waals surface area contributed by atoms with E-state index in [4.69, 9.17) is 9.26 Å². The third kappa shape index (κ3) is 1.68. The largest absolute Gasteiger partial charge is 0.460 e. The van der Waals surface area contributed by atoms with Gasteiger partial charge >= 0.3 is 5.97 Å². The average molecular weight is 209 g/mol. The summed E-state index contributed by atoms with van der Waals surface area (Å²) >= 11 is 0. The normalized spacial score (nSPS) is 10.5. The summed E-state index contributed by atoms with van der Waals surface area (Å²) in [6.45, 7) is 1.94. The Bertz CT molecular complexity index is 506. The van der Waals surface area contributed by atoms with Crippen molar-refractivity contribution in [2.75, 3.05) is 6.61 Å². The Kier molecular flexibility index (Phi) is 2.37. The number of rotatable bonds is 2. The number of benzene rings is 1. The number of fused-ring (bicyclic) bond motifs is 1. The maximum atomic E-state index is 12.8. The second kappa shape index (κ2) is 3.68. The van der Waals surface area contributed by atoms with Crippen LogP contribution in [0.15, 0.2) is 22.7 Å². The Hall–Kier alpha value is -1.91. The summed E-state index contributed by atoms with van der Waals surface area (Å²) in [5, 5.41) is 4.02. The quantitative estimate of drug-likeness (QED) is 0.711. The Balaban J connectivity index is 2.49. The van der Waals surface area contributed by atoms with Crippen molar-refractivity contribution in [2.24, 2.45) is 0 Å². The molecule has 0 saturated heterocycles. The Morgan fingerprint density at radius 3 is 3.13 bits per heavy atom. The first-order valence-corrected chi connectivity index (χ1v) is 4.44. The molecule has 78 valence electrons. The maximum Gasteiger partial charge on any atom is 0.377 e. The molecular formula is C10H8FNO3. The molecule has 0 bridgehead atoms. The number of hydrogen-bond donors (Lipinski definition) is 0. The molecule has 2 rings (SSSR count). The van der Waals surface area contributed by atoms with E-state index in [1.807, 2.05) is 0 Å². The lowest BCUT2D eigenvalue weighted by atomic mass is 10.2. The summed E-state index contributed by atoms with van der Waals surface area (Å²) in [6, 6.07) is 3.87. The van der Waals surface area contributed by atoms with E-state index in [9.17, 15) is 9.18 Å². The van der Waals surface area contributed by atoms with Crippen LogP contribution in [-0.2, 0) is 4.74 Å². The highest BCUT2D eigenvalue weighted by molar-refractivity contribution is 6.00. The van der Waals surface area contributed by atoms with Gasteiger partial charge in [0.2, 0.25) is 0 Å². The molecule has 0 fully saturated rings. The van der Waals surface area contributed by atoms with Crippen molar-refractivity contribution in [1.82, 2.24) is 5.16 Å². The second-order valence-corrected chi connectivity index (χ2v) is 2.89. The van der Waals surface area contributed by atoms with Gasteiger partial charge in [-0.2, -0.15) is 0 Å². The molecule has 0 aliphatic carbocycles. The lowest BCUT2D eigenvalue weighted by Gasteiger charge is -1.96. The van der Waals surface area contributed by atoms with Crippen molar-refractivity contribution >= 4 is 16.9 Å². The van der Waals surface area contributed by atoms with Crippen molar-refractivity contribution in [1.29, 1.82) is 0 Å². The second-order valence-electron chi connectivity index (χ2n) is 2.89. The van der Waals surface area contributed by atoms with Gasteiger partial charge in [-0.25, -0.2) is 9.18 Å². The van der Waals surface area contributed by atoms with Crippen molar-refractivity contribution in [3.05, 3.63) is 29.8 Å². The standard InChI is InChI=1S/C10H8FNO3/c1-2-14-10(13)9-7-4-3-6(11)5-8(7)12-15-9/h3-5H,2H2,1H3. The predicted octanol–water partition coefficient (Wildman–Crippen LogP) is 2.14. The molecule has 1 aromatic carbocycles. The minimum absolute atomic E-state index is 0.00634. The lowest BCUT2D eigenvalue weighted by molar-refractivity contribution is 0.0483. The zero-order valence-corrected chi connectivity index (χ0v) is 7.99. The zero-order valence-electron chi connectivity index (χ0n) is 7.99. The van der Waals surface area contributed by atoms with Gasteiger partial charge in [0, 0.05) is 6.07 Å². The minimum Gasteiger partial charge on any atom is -0.460 e. The van der Waals surface area contributed by atoms with Gasteiger partial charge in [0.15, 0.2) is 0 Å². The fourth-order valence-corrected chi connectivity index (χ4v) is 1.26. The number of carbonyl (C=O) groups excluding carboxylic acids is 1. The van der Waals surface area contributed by atoms with E-state index < -0.39 is 11.8 Å². The molecule has 0 amide bonds. The molecule has 4 nitrogen and oxygen atoms in total. The van der Waals surface area contributed by atoms with E-state index >= 15 is 0 Å². The van der Waals surface area contributed by atoms with Crippen molar-refractivity contribution in [2.45, 2.75) is 6.92 Å². The monoisotopic (exact) mass is 209 g/mol. The van der Waals surface area contributed by atoms with Crippen LogP contribution in [0.5, 0.6) is 0 Å². The third-order valence-electron chi connectivity index (χ3n) is 1.90. The van der Waals surface area contributed by atoms with Crippen LogP contribution in [0.3, 0.4) is 0 Å². The number of halogens is 1. The molecule has 15 heavy (non-hydrogen) atoms. The molecule has 0 atom stereocenters. The summed E-state index contributed by atoms with van der Waals surface area (Å²) in [5.41, 5.74) is 0.304. The number of esters is 1. The summed E-state index contributed by atoms with van der Waals surface area (Å²) in [6.07, 6.45) is 0. The van der Waals surface area contributed by atoms with Gasteiger partial charge in [0.1, 0.15) is 11.3 Å². The molecule has 0 unspecified atom stereocenters. The summed E-state index contributed by atoms with van der Waals surface area (Å²) < 4.78 is 22.3. The first kappa shape index (κ1) is 9.64. The lowest BCUT2D eigenvalue weighted by Crippen LogP contribution is -2.03. The fraction of sp³-hybridized carbons (Fsp3) is 0.200. The number of hydrogen-bond acceptors (Lipinski definition) is 4. The fourth-order valence-electron chi connectivity index (χ4n) is 1.26. The molecule has 0 N–H and O–H groups in total. The van der Waals surface area contributed by atoms with Crippen LogP contribution in [0.1, 0.15) is 17.5 Å². The van der Waals surface area contributed by atoms with Crippen LogP contribution in [0, 0.1) is 5.82 Å². The third-order valence-corrected chi connectivity index (χ3v) is 1.90. The van der Waals surface area contributed by atoms with Gasteiger partial charge in [-0.05, 0) is 19.1 Å². The van der Waals surface area contributed by atoms with E-state index in [0.29, 0.717) is 10.9 Å². The molecule has 0 aliphatic rings. The van der Waals surface area contributed by atoms with Gasteiger partial charge < -0.3 is 9.26 Å². The van der Waals surface area contributed by atoms with E-state index in [0.717, 1.165) is 0 Å². The van der Waals surface area contributed by atoms with Gasteiger partial charge in [0.25, 0.3) is 5.76 Å². The van der Waals surface area contributed by atoms with Crippen molar-refractivity contribution < 1.29 is 18.4 Å². The van der Waals surface area contributed by atoms with Crippen LogP contribution < -0.4 is 0 Å². The van der Waals surface area contributed by atoms with Crippen LogP contribution in [0.25, 0.3) is 10.9 Å². The van der Waals surface area contributed by atoms with E-state index in [1.54, 1.807) is 6.92 Å². The molecule has 1 heterocycles. The molecule has 1 aromatic heterocycles. The minimum atomic E-state index is -0.591. The number of nitrogens with zero attached hydrogens (tertiary/aromatic N) is 1. The molecule has 0 radical (unpaired) electrons. The summed E-state index contributed by atoms with van der Waals surface area (Å²) in [7, 11) is 0. The molecule has 0 saturated carbocycles. The smallest absolute Gasteiger partial charge is 0.377 e. The predicted molar refractivity (Wildman–Crippen MR) is 49.9 cm³/mol. The number of aromatic nitrogens is 1. The van der Waals surface area contributed by atoms with Crippen molar-refractivity contribution in [3.63, 3.8) is 0 Å². The highest BCUT2D eigenvalue weighted by Crippen LogP contribution is 2.19. The number of carbonyl (C=O) groups is 1. The van der Waals surface area contributed by atoms with E-state index in [-0.39, 0.29) is 12.4 Å². The van der Waals surface area contributed by atoms with E-state index in [2.05, 4.69) is 5.16 Å². The Morgan fingerprint density at radius 1 is 1.60 bits per heavy atom.